The summed E-state index contributed by atoms with van der Waals surface area (Å²) in [6.07, 6.45) is 9.72. The normalized spacial score (nSPS) is 23.2. The molecule has 136 valence electrons. The monoisotopic (exact) mass is 354 g/mol. The van der Waals surface area contributed by atoms with Crippen molar-refractivity contribution in [3.63, 3.8) is 0 Å². The lowest BCUT2D eigenvalue weighted by Crippen LogP contribution is -2.33. The Labute approximate surface area is 153 Å². The molecule has 4 rings (SSSR count). The Morgan fingerprint density at radius 3 is 2.42 bits per heavy atom. The highest BCUT2D eigenvalue weighted by Gasteiger charge is 2.39. The van der Waals surface area contributed by atoms with E-state index >= 15 is 0 Å². The Hall–Kier alpha value is -2.69. The predicted octanol–water partition coefficient (Wildman–Crippen LogP) is 3.00. The molecule has 1 aromatic carbocycles. The molecule has 1 aliphatic carbocycles. The maximum Gasteiger partial charge on any atom is 0.209 e. The van der Waals surface area contributed by atoms with Gasteiger partial charge in [-0.1, -0.05) is 6.08 Å². The second kappa shape index (κ2) is 6.56. The average molecular weight is 354 g/mol. The molecule has 3 aliphatic rings. The minimum Gasteiger partial charge on any atom is -0.496 e. The van der Waals surface area contributed by atoms with Crippen molar-refractivity contribution >= 4 is 11.9 Å². The number of ether oxygens (including phenoxy) is 4. The summed E-state index contributed by atoms with van der Waals surface area (Å²) in [6, 6.07) is 4.18. The molecule has 2 heterocycles. The van der Waals surface area contributed by atoms with Crippen molar-refractivity contribution < 1.29 is 23.5 Å². The minimum atomic E-state index is 0.158. The zero-order chi connectivity index (χ0) is 18.3. The Bertz CT molecular complexity index is 863. The molecule has 1 aromatic rings. The lowest BCUT2D eigenvalue weighted by Gasteiger charge is -2.30. The van der Waals surface area contributed by atoms with Gasteiger partial charge in [0, 0.05) is 12.3 Å². The van der Waals surface area contributed by atoms with Crippen molar-refractivity contribution in [2.45, 2.75) is 6.42 Å². The smallest absolute Gasteiger partial charge is 0.209 e. The zero-order valence-electron chi connectivity index (χ0n) is 15.6. The van der Waals surface area contributed by atoms with Crippen LogP contribution in [-0.4, -0.2) is 45.8 Å². The summed E-state index contributed by atoms with van der Waals surface area (Å²) < 4.78 is 24.4. The third-order valence-corrected chi connectivity index (χ3v) is 5.38. The molecule has 0 unspecified atom stereocenters. The molecule has 2 aliphatic heterocycles. The molecule has 0 aromatic heterocycles. The quantitative estimate of drug-likeness (QED) is 0.780. The maximum atomic E-state index is 5.66. The Balaban J connectivity index is 1.79. The zero-order valence-corrected chi connectivity index (χ0v) is 15.6. The number of rotatable bonds is 4. The number of allylic oxidation sites excluding steroid dienone is 4. The van der Waals surface area contributed by atoms with Crippen LogP contribution in [0.3, 0.4) is 0 Å². The molecule has 0 saturated heterocycles. The molecule has 0 bridgehead atoms. The third-order valence-electron chi connectivity index (χ3n) is 5.38. The fourth-order valence-corrected chi connectivity index (χ4v) is 4.07. The van der Waals surface area contributed by atoms with E-state index in [1.54, 1.807) is 28.4 Å². The summed E-state index contributed by atoms with van der Waals surface area (Å²) >= 11 is 0. The first kappa shape index (κ1) is 16.8. The van der Waals surface area contributed by atoms with Crippen LogP contribution in [0.1, 0.15) is 11.1 Å². The molecule has 2 atom stereocenters. The highest BCUT2D eigenvalue weighted by atomic mass is 16.5. The molecule has 0 amide bonds. The standard InChI is InChI=1S/C21H24NO4/c1-23-18-6-5-13-9-17-15-11-20(25-3)19(24-2)10-14(15)7-8-22(17)12-16(13)21(18)26-4/h5-6,9-13,16H,7-8H2,1-4H3/q+1/t13-,16-/m1/s1. The lowest BCUT2D eigenvalue weighted by atomic mass is 9.82. The van der Waals surface area contributed by atoms with Crippen LogP contribution in [0.15, 0.2) is 41.9 Å². The van der Waals surface area contributed by atoms with Crippen molar-refractivity contribution in [2.75, 3.05) is 35.0 Å². The maximum absolute atomic E-state index is 5.66. The van der Waals surface area contributed by atoms with Crippen LogP contribution < -0.4 is 9.47 Å². The highest BCUT2D eigenvalue weighted by molar-refractivity contribution is 5.76. The molecular weight excluding hydrogens is 330 g/mol. The number of nitrogens with zero attached hydrogens (tertiary/aromatic N) is 1. The van der Waals surface area contributed by atoms with Gasteiger partial charge in [-0.3, -0.25) is 0 Å². The van der Waals surface area contributed by atoms with Crippen LogP contribution in [0.2, 0.25) is 0 Å². The first-order valence-corrected chi connectivity index (χ1v) is 8.79. The molecule has 0 fully saturated rings. The SMILES string of the molecule is COC1=C(OC)[C@@H]2C=[N+]3CCc4cc(OC)c(OC)cc4C3=C[C@H]2C=C1. The van der Waals surface area contributed by atoms with E-state index in [0.29, 0.717) is 0 Å². The van der Waals surface area contributed by atoms with Crippen LogP contribution in [-0.2, 0) is 15.9 Å². The van der Waals surface area contributed by atoms with Crippen molar-refractivity contribution in [2.24, 2.45) is 11.8 Å². The van der Waals surface area contributed by atoms with Crippen molar-refractivity contribution in [3.8, 4) is 11.5 Å². The minimum absolute atomic E-state index is 0.158. The second-order valence-electron chi connectivity index (χ2n) is 6.61. The van der Waals surface area contributed by atoms with Gasteiger partial charge in [0.15, 0.2) is 35.8 Å². The van der Waals surface area contributed by atoms with E-state index in [9.17, 15) is 0 Å². The van der Waals surface area contributed by atoms with E-state index in [1.807, 2.05) is 6.08 Å². The summed E-state index contributed by atoms with van der Waals surface area (Å²) in [4.78, 5) is 0. The summed E-state index contributed by atoms with van der Waals surface area (Å²) in [7, 11) is 6.74. The van der Waals surface area contributed by atoms with E-state index in [1.165, 1.54) is 16.8 Å². The van der Waals surface area contributed by atoms with Gasteiger partial charge in [0.05, 0.1) is 34.0 Å². The molecule has 0 N–H and O–H groups in total. The van der Waals surface area contributed by atoms with Crippen LogP contribution in [0.4, 0.5) is 0 Å². The van der Waals surface area contributed by atoms with Gasteiger partial charge < -0.3 is 18.9 Å². The lowest BCUT2D eigenvalue weighted by molar-refractivity contribution is -0.434. The molecule has 0 spiro atoms. The molecular formula is C21H24NO4+. The Morgan fingerprint density at radius 1 is 0.962 bits per heavy atom. The van der Waals surface area contributed by atoms with Crippen LogP contribution in [0.25, 0.3) is 5.70 Å². The van der Waals surface area contributed by atoms with Gasteiger partial charge in [0.1, 0.15) is 5.92 Å². The van der Waals surface area contributed by atoms with Crippen molar-refractivity contribution in [1.29, 1.82) is 0 Å². The first-order chi connectivity index (χ1) is 12.7. The van der Waals surface area contributed by atoms with Crippen LogP contribution in [0.5, 0.6) is 11.5 Å². The van der Waals surface area contributed by atoms with Gasteiger partial charge in [-0.15, -0.1) is 0 Å². The molecule has 0 saturated carbocycles. The van der Waals surface area contributed by atoms with E-state index in [2.05, 4.69) is 35.1 Å². The number of fused-ring (bicyclic) bond motifs is 4. The van der Waals surface area contributed by atoms with E-state index < -0.39 is 0 Å². The fraction of sp³-hybridized carbons (Fsp3) is 0.381. The third kappa shape index (κ3) is 2.50. The van der Waals surface area contributed by atoms with Crippen molar-refractivity contribution in [1.82, 2.24) is 0 Å². The van der Waals surface area contributed by atoms with E-state index in [-0.39, 0.29) is 11.8 Å². The van der Waals surface area contributed by atoms with Crippen molar-refractivity contribution in [3.05, 3.63) is 53.0 Å². The fourth-order valence-electron chi connectivity index (χ4n) is 4.07. The topological polar surface area (TPSA) is 39.9 Å². The van der Waals surface area contributed by atoms with Crippen LogP contribution >= 0.6 is 0 Å². The number of benzene rings is 1. The summed E-state index contributed by atoms with van der Waals surface area (Å²) in [5, 5.41) is 0. The first-order valence-electron chi connectivity index (χ1n) is 8.79. The van der Waals surface area contributed by atoms with E-state index in [0.717, 1.165) is 36.0 Å². The molecule has 0 radical (unpaired) electrons. The highest BCUT2D eigenvalue weighted by Crippen LogP contribution is 2.41. The summed E-state index contributed by atoms with van der Waals surface area (Å²) in [5.41, 5.74) is 3.71. The predicted molar refractivity (Wildman–Crippen MR) is 99.6 cm³/mol. The van der Waals surface area contributed by atoms with Gasteiger partial charge in [-0.2, -0.15) is 0 Å². The van der Waals surface area contributed by atoms with E-state index in [4.69, 9.17) is 18.9 Å². The average Bonchev–Trinajstić information content (AvgIpc) is 2.70. The molecule has 5 nitrogen and oxygen atoms in total. The van der Waals surface area contributed by atoms with Gasteiger partial charge in [0.2, 0.25) is 5.70 Å². The summed E-state index contributed by atoms with van der Waals surface area (Å²) in [5.74, 6) is 3.62. The summed E-state index contributed by atoms with van der Waals surface area (Å²) in [6.45, 7) is 0.931. The molecule has 5 heteroatoms. The number of methoxy groups -OCH3 is 4. The Morgan fingerprint density at radius 2 is 1.73 bits per heavy atom. The molecule has 26 heavy (non-hydrogen) atoms. The van der Waals surface area contributed by atoms with Gasteiger partial charge in [-0.05, 0) is 29.8 Å². The van der Waals surface area contributed by atoms with Crippen LogP contribution in [0, 0.1) is 11.8 Å². The number of hydrogen-bond donors (Lipinski definition) is 0. The Kier molecular flexibility index (Phi) is 4.23. The van der Waals surface area contributed by atoms with Gasteiger partial charge in [0.25, 0.3) is 0 Å². The largest absolute Gasteiger partial charge is 0.496 e. The van der Waals surface area contributed by atoms with Gasteiger partial charge in [-0.25, -0.2) is 4.58 Å². The second-order valence-corrected chi connectivity index (χ2v) is 6.61. The number of hydrogen-bond acceptors (Lipinski definition) is 4. The van der Waals surface area contributed by atoms with Gasteiger partial charge >= 0.3 is 0 Å².